The normalized spacial score (nSPS) is 19.8. The van der Waals surface area contributed by atoms with E-state index < -0.39 is 23.5 Å². The summed E-state index contributed by atoms with van der Waals surface area (Å²) in [5, 5.41) is 0. The average molecular weight is 444 g/mol. The van der Waals surface area contributed by atoms with Gasteiger partial charge in [0.1, 0.15) is 0 Å². The summed E-state index contributed by atoms with van der Waals surface area (Å²) >= 11 is 0. The molecule has 0 aliphatic carbocycles. The van der Waals surface area contributed by atoms with E-state index >= 15 is 0 Å². The van der Waals surface area contributed by atoms with Crippen molar-refractivity contribution < 1.29 is 38.0 Å². The number of rotatable bonds is 9. The Bertz CT molecular complexity index is 986. The van der Waals surface area contributed by atoms with Crippen LogP contribution >= 0.6 is 0 Å². The standard InChI is InChI=1S/C24H28O8/c1-15(25)32-24(13-17-7-9-20(28-3)22(12-17)30-5)18(14-31-23(24)26)10-16-6-8-19(27-2)21(11-16)29-4/h6-9,11-12,18H,10,13-14H2,1-5H3/t18-,24-/m0/s1. The maximum atomic E-state index is 12.9. The van der Waals surface area contributed by atoms with Gasteiger partial charge in [0.25, 0.3) is 0 Å². The first-order valence-corrected chi connectivity index (χ1v) is 10.2. The van der Waals surface area contributed by atoms with E-state index in [1.807, 2.05) is 18.2 Å². The number of carbonyl (C=O) groups is 2. The Labute approximate surface area is 187 Å². The molecule has 0 bridgehead atoms. The third-order valence-corrected chi connectivity index (χ3v) is 5.59. The van der Waals surface area contributed by atoms with Crippen LogP contribution in [0.3, 0.4) is 0 Å². The number of benzene rings is 2. The number of hydrogen-bond acceptors (Lipinski definition) is 8. The Morgan fingerprint density at radius 2 is 1.44 bits per heavy atom. The minimum atomic E-state index is -1.46. The molecule has 1 saturated heterocycles. The first kappa shape index (κ1) is 23.2. The second kappa shape index (κ2) is 9.80. The summed E-state index contributed by atoms with van der Waals surface area (Å²) in [5.74, 6) is 0.749. The van der Waals surface area contributed by atoms with Crippen molar-refractivity contribution in [3.63, 3.8) is 0 Å². The topological polar surface area (TPSA) is 89.5 Å². The van der Waals surface area contributed by atoms with Crippen LogP contribution in [0.15, 0.2) is 36.4 Å². The molecule has 8 nitrogen and oxygen atoms in total. The lowest BCUT2D eigenvalue weighted by molar-refractivity contribution is -0.174. The van der Waals surface area contributed by atoms with E-state index in [1.165, 1.54) is 14.0 Å². The van der Waals surface area contributed by atoms with Gasteiger partial charge in [-0.25, -0.2) is 4.79 Å². The molecule has 2 atom stereocenters. The second-order valence-corrected chi connectivity index (χ2v) is 7.54. The number of ether oxygens (including phenoxy) is 6. The predicted octanol–water partition coefficient (Wildman–Crippen LogP) is 2.98. The molecule has 1 aliphatic heterocycles. The number of methoxy groups -OCH3 is 4. The number of carbonyl (C=O) groups excluding carboxylic acids is 2. The SMILES string of the molecule is COc1ccc(C[C@H]2COC(=O)[C@@]2(Cc2ccc(OC)c(OC)c2)OC(C)=O)cc1OC. The highest BCUT2D eigenvalue weighted by molar-refractivity contribution is 5.85. The fourth-order valence-electron chi connectivity index (χ4n) is 4.04. The van der Waals surface area contributed by atoms with Gasteiger partial charge in [-0.1, -0.05) is 12.1 Å². The fraction of sp³-hybridized carbons (Fsp3) is 0.417. The molecular formula is C24H28O8. The van der Waals surface area contributed by atoms with Crippen LogP contribution in [-0.4, -0.2) is 52.6 Å². The molecule has 172 valence electrons. The zero-order chi connectivity index (χ0) is 23.3. The third kappa shape index (κ3) is 4.59. The van der Waals surface area contributed by atoms with Gasteiger partial charge in [-0.2, -0.15) is 0 Å². The lowest BCUT2D eigenvalue weighted by atomic mass is 9.80. The Balaban J connectivity index is 1.96. The summed E-state index contributed by atoms with van der Waals surface area (Å²) in [6.07, 6.45) is 0.580. The molecule has 0 spiro atoms. The molecule has 0 N–H and O–H groups in total. The lowest BCUT2D eigenvalue weighted by Crippen LogP contribution is -2.48. The highest BCUT2D eigenvalue weighted by Gasteiger charge is 2.55. The molecular weight excluding hydrogens is 416 g/mol. The highest BCUT2D eigenvalue weighted by Crippen LogP contribution is 2.39. The van der Waals surface area contributed by atoms with Crippen LogP contribution in [0.2, 0.25) is 0 Å². The van der Waals surface area contributed by atoms with Crippen LogP contribution in [0, 0.1) is 5.92 Å². The molecule has 2 aromatic rings. The minimum Gasteiger partial charge on any atom is -0.493 e. The smallest absolute Gasteiger partial charge is 0.351 e. The summed E-state index contributed by atoms with van der Waals surface area (Å²) in [6, 6.07) is 10.9. The van der Waals surface area contributed by atoms with Crippen LogP contribution in [0.25, 0.3) is 0 Å². The maximum absolute atomic E-state index is 12.9. The third-order valence-electron chi connectivity index (χ3n) is 5.59. The number of cyclic esters (lactones) is 1. The van der Waals surface area contributed by atoms with Crippen LogP contribution < -0.4 is 18.9 Å². The van der Waals surface area contributed by atoms with Crippen LogP contribution in [0.1, 0.15) is 18.1 Å². The lowest BCUT2D eigenvalue weighted by Gasteiger charge is -2.31. The van der Waals surface area contributed by atoms with Crippen molar-refractivity contribution >= 4 is 11.9 Å². The van der Waals surface area contributed by atoms with Gasteiger partial charge in [0.15, 0.2) is 23.0 Å². The fourth-order valence-corrected chi connectivity index (χ4v) is 4.04. The van der Waals surface area contributed by atoms with Crippen molar-refractivity contribution in [1.82, 2.24) is 0 Å². The second-order valence-electron chi connectivity index (χ2n) is 7.54. The summed E-state index contributed by atoms with van der Waals surface area (Å²) in [7, 11) is 6.21. The van der Waals surface area contributed by atoms with E-state index in [0.29, 0.717) is 29.4 Å². The van der Waals surface area contributed by atoms with Crippen molar-refractivity contribution in [2.45, 2.75) is 25.4 Å². The number of esters is 2. The molecule has 1 aliphatic rings. The molecule has 0 unspecified atom stereocenters. The maximum Gasteiger partial charge on any atom is 0.351 e. The summed E-state index contributed by atoms with van der Waals surface area (Å²) in [4.78, 5) is 25.0. The van der Waals surface area contributed by atoms with Gasteiger partial charge in [-0.15, -0.1) is 0 Å². The molecule has 1 fully saturated rings. The van der Waals surface area contributed by atoms with Crippen molar-refractivity contribution in [2.24, 2.45) is 5.92 Å². The van der Waals surface area contributed by atoms with Gasteiger partial charge < -0.3 is 28.4 Å². The van der Waals surface area contributed by atoms with Crippen molar-refractivity contribution in [3.05, 3.63) is 47.5 Å². The van der Waals surface area contributed by atoms with E-state index in [4.69, 9.17) is 28.4 Å². The van der Waals surface area contributed by atoms with E-state index in [0.717, 1.165) is 11.1 Å². The first-order chi connectivity index (χ1) is 15.4. The van der Waals surface area contributed by atoms with E-state index in [1.54, 1.807) is 39.5 Å². The van der Waals surface area contributed by atoms with Crippen LogP contribution in [0.5, 0.6) is 23.0 Å². The summed E-state index contributed by atoms with van der Waals surface area (Å²) in [6.45, 7) is 1.42. The average Bonchev–Trinajstić information content (AvgIpc) is 3.07. The molecule has 0 amide bonds. The van der Waals surface area contributed by atoms with Gasteiger partial charge in [0.05, 0.1) is 35.0 Å². The quantitative estimate of drug-likeness (QED) is 0.546. The monoisotopic (exact) mass is 444 g/mol. The molecule has 0 radical (unpaired) electrons. The van der Waals surface area contributed by atoms with Crippen LogP contribution in [-0.2, 0) is 31.9 Å². The van der Waals surface area contributed by atoms with E-state index in [-0.39, 0.29) is 13.0 Å². The van der Waals surface area contributed by atoms with Gasteiger partial charge in [-0.3, -0.25) is 4.79 Å². The molecule has 0 saturated carbocycles. The zero-order valence-electron chi connectivity index (χ0n) is 18.9. The van der Waals surface area contributed by atoms with Crippen molar-refractivity contribution in [3.8, 4) is 23.0 Å². The van der Waals surface area contributed by atoms with E-state index in [9.17, 15) is 9.59 Å². The summed E-state index contributed by atoms with van der Waals surface area (Å²) in [5.41, 5.74) is 0.188. The Morgan fingerprint density at radius 3 is 1.97 bits per heavy atom. The van der Waals surface area contributed by atoms with Crippen molar-refractivity contribution in [1.29, 1.82) is 0 Å². The molecule has 32 heavy (non-hydrogen) atoms. The Morgan fingerprint density at radius 1 is 0.906 bits per heavy atom. The minimum absolute atomic E-state index is 0.133. The predicted molar refractivity (Wildman–Crippen MR) is 115 cm³/mol. The molecule has 2 aromatic carbocycles. The molecule has 8 heteroatoms. The van der Waals surface area contributed by atoms with Gasteiger partial charge in [0, 0.05) is 19.3 Å². The number of hydrogen-bond donors (Lipinski definition) is 0. The molecule has 0 aromatic heterocycles. The van der Waals surface area contributed by atoms with Crippen LogP contribution in [0.4, 0.5) is 0 Å². The van der Waals surface area contributed by atoms with Gasteiger partial charge in [-0.05, 0) is 41.8 Å². The zero-order valence-corrected chi connectivity index (χ0v) is 18.9. The molecule has 1 heterocycles. The Hall–Kier alpha value is -3.42. The van der Waals surface area contributed by atoms with Gasteiger partial charge >= 0.3 is 11.9 Å². The van der Waals surface area contributed by atoms with Gasteiger partial charge in [0.2, 0.25) is 5.60 Å². The van der Waals surface area contributed by atoms with Crippen molar-refractivity contribution in [2.75, 3.05) is 35.0 Å². The molecule has 3 rings (SSSR count). The highest BCUT2D eigenvalue weighted by atomic mass is 16.6. The first-order valence-electron chi connectivity index (χ1n) is 10.2. The summed E-state index contributed by atoms with van der Waals surface area (Å²) < 4.78 is 32.4. The van der Waals surface area contributed by atoms with E-state index in [2.05, 4.69) is 0 Å². The largest absolute Gasteiger partial charge is 0.493 e. The Kier molecular flexibility index (Phi) is 7.12.